The number of amides is 1. The largest absolute Gasteiger partial charge is 0.493 e. The average molecular weight is 304 g/mol. The topological polar surface area (TPSA) is 64.8 Å². The Morgan fingerprint density at radius 3 is 2.86 bits per heavy atom. The van der Waals surface area contributed by atoms with Crippen molar-refractivity contribution in [3.05, 3.63) is 36.4 Å². The molecule has 5 nitrogen and oxygen atoms in total. The molecule has 1 heterocycles. The van der Waals surface area contributed by atoms with Crippen LogP contribution in [-0.4, -0.2) is 44.2 Å². The molecule has 1 aromatic carbocycles. The Morgan fingerprint density at radius 2 is 2.27 bits per heavy atom. The molecular formula is C17H24N2O3. The summed E-state index contributed by atoms with van der Waals surface area (Å²) < 4.78 is 10.8. The number of hydrogen-bond donors (Lipinski definition) is 1. The van der Waals surface area contributed by atoms with Crippen LogP contribution in [0, 0.1) is 5.41 Å². The molecule has 1 unspecified atom stereocenters. The number of methoxy groups -OCH3 is 1. The highest BCUT2D eigenvalue weighted by atomic mass is 16.5. The van der Waals surface area contributed by atoms with Crippen molar-refractivity contribution in [3.8, 4) is 11.5 Å². The molecule has 1 aliphatic rings. The van der Waals surface area contributed by atoms with Gasteiger partial charge in [0.25, 0.3) is 5.91 Å². The van der Waals surface area contributed by atoms with Crippen LogP contribution in [0.4, 0.5) is 0 Å². The fourth-order valence-corrected chi connectivity index (χ4v) is 2.61. The molecule has 22 heavy (non-hydrogen) atoms. The molecule has 1 atom stereocenters. The number of ether oxygens (including phenoxy) is 2. The zero-order valence-electron chi connectivity index (χ0n) is 13.3. The molecule has 1 amide bonds. The highest BCUT2D eigenvalue weighted by Gasteiger charge is 2.35. The van der Waals surface area contributed by atoms with Crippen LogP contribution in [0.3, 0.4) is 0 Å². The third-order valence-electron chi connectivity index (χ3n) is 4.11. The second kappa shape index (κ2) is 6.83. The van der Waals surface area contributed by atoms with E-state index in [-0.39, 0.29) is 11.3 Å². The van der Waals surface area contributed by atoms with Gasteiger partial charge >= 0.3 is 0 Å². The summed E-state index contributed by atoms with van der Waals surface area (Å²) in [4.78, 5) is 14.5. The maximum absolute atomic E-state index is 12.6. The monoisotopic (exact) mass is 304 g/mol. The van der Waals surface area contributed by atoms with Gasteiger partial charge in [-0.2, -0.15) is 0 Å². The van der Waals surface area contributed by atoms with Crippen molar-refractivity contribution in [2.24, 2.45) is 11.1 Å². The van der Waals surface area contributed by atoms with E-state index in [1.165, 1.54) is 0 Å². The summed E-state index contributed by atoms with van der Waals surface area (Å²) in [5.41, 5.74) is 6.42. The van der Waals surface area contributed by atoms with E-state index in [1.54, 1.807) is 31.4 Å². The first kappa shape index (κ1) is 16.4. The van der Waals surface area contributed by atoms with Crippen LogP contribution < -0.4 is 15.2 Å². The van der Waals surface area contributed by atoms with Gasteiger partial charge in [0.2, 0.25) is 0 Å². The Bertz CT molecular complexity index is 559. The lowest BCUT2D eigenvalue weighted by molar-refractivity contribution is 0.0776. The number of nitrogens with zero attached hydrogens (tertiary/aromatic N) is 1. The van der Waals surface area contributed by atoms with Gasteiger partial charge in [0.1, 0.15) is 6.61 Å². The second-order valence-electron chi connectivity index (χ2n) is 5.96. The van der Waals surface area contributed by atoms with E-state index in [4.69, 9.17) is 15.2 Å². The number of carbonyl (C=O) groups is 1. The summed E-state index contributed by atoms with van der Waals surface area (Å²) in [5, 5.41) is 0. The molecule has 2 rings (SSSR count). The molecule has 0 bridgehead atoms. The smallest absolute Gasteiger partial charge is 0.254 e. The molecule has 120 valence electrons. The first-order chi connectivity index (χ1) is 10.5. The summed E-state index contributed by atoms with van der Waals surface area (Å²) in [7, 11) is 1.56. The molecule has 0 radical (unpaired) electrons. The second-order valence-corrected chi connectivity index (χ2v) is 5.96. The quantitative estimate of drug-likeness (QED) is 0.817. The van der Waals surface area contributed by atoms with Crippen molar-refractivity contribution in [2.45, 2.75) is 13.3 Å². The maximum Gasteiger partial charge on any atom is 0.254 e. The lowest BCUT2D eigenvalue weighted by atomic mass is 9.90. The highest BCUT2D eigenvalue weighted by Crippen LogP contribution is 2.32. The maximum atomic E-state index is 12.6. The molecule has 1 fully saturated rings. The fourth-order valence-electron chi connectivity index (χ4n) is 2.61. The first-order valence-corrected chi connectivity index (χ1v) is 7.44. The normalized spacial score (nSPS) is 20.8. The third-order valence-corrected chi connectivity index (χ3v) is 4.11. The SMILES string of the molecule is C=CCOc1ccc(C(=O)N2CCC(C)(CN)C2)cc1OC. The van der Waals surface area contributed by atoms with Crippen LogP contribution in [0.5, 0.6) is 11.5 Å². The Hall–Kier alpha value is -2.01. The van der Waals surface area contributed by atoms with Crippen molar-refractivity contribution in [1.82, 2.24) is 4.90 Å². The van der Waals surface area contributed by atoms with Gasteiger partial charge in [0, 0.05) is 18.7 Å². The van der Waals surface area contributed by atoms with Gasteiger partial charge in [0.05, 0.1) is 7.11 Å². The molecule has 1 aliphatic heterocycles. The van der Waals surface area contributed by atoms with Crippen molar-refractivity contribution >= 4 is 5.91 Å². The van der Waals surface area contributed by atoms with Gasteiger partial charge in [0.15, 0.2) is 11.5 Å². The van der Waals surface area contributed by atoms with E-state index >= 15 is 0 Å². The number of rotatable bonds is 6. The lowest BCUT2D eigenvalue weighted by Crippen LogP contribution is -2.34. The molecule has 1 aromatic rings. The summed E-state index contributed by atoms with van der Waals surface area (Å²) >= 11 is 0. The van der Waals surface area contributed by atoms with E-state index < -0.39 is 0 Å². The zero-order valence-corrected chi connectivity index (χ0v) is 13.3. The van der Waals surface area contributed by atoms with Gasteiger partial charge in [-0.05, 0) is 36.6 Å². The van der Waals surface area contributed by atoms with E-state index in [9.17, 15) is 4.79 Å². The Labute approximate surface area is 131 Å². The summed E-state index contributed by atoms with van der Waals surface area (Å²) in [5.74, 6) is 1.16. The van der Waals surface area contributed by atoms with Gasteiger partial charge < -0.3 is 20.1 Å². The van der Waals surface area contributed by atoms with E-state index in [0.717, 1.165) is 13.0 Å². The van der Waals surface area contributed by atoms with Crippen LogP contribution in [-0.2, 0) is 0 Å². The van der Waals surface area contributed by atoms with Gasteiger partial charge in [-0.15, -0.1) is 0 Å². The van der Waals surface area contributed by atoms with Crippen LogP contribution in [0.2, 0.25) is 0 Å². The number of hydrogen-bond acceptors (Lipinski definition) is 4. The highest BCUT2D eigenvalue weighted by molar-refractivity contribution is 5.95. The number of likely N-dealkylation sites (tertiary alicyclic amines) is 1. The molecule has 2 N–H and O–H groups in total. The van der Waals surface area contributed by atoms with Crippen molar-refractivity contribution in [1.29, 1.82) is 0 Å². The van der Waals surface area contributed by atoms with Gasteiger partial charge in [-0.25, -0.2) is 0 Å². The fraction of sp³-hybridized carbons (Fsp3) is 0.471. The summed E-state index contributed by atoms with van der Waals surface area (Å²) in [6.45, 7) is 8.15. The van der Waals surface area contributed by atoms with E-state index in [1.807, 2.05) is 4.90 Å². The molecule has 1 saturated heterocycles. The number of carbonyl (C=O) groups excluding carboxylic acids is 1. The summed E-state index contributed by atoms with van der Waals surface area (Å²) in [6, 6.07) is 5.24. The summed E-state index contributed by atoms with van der Waals surface area (Å²) in [6.07, 6.45) is 2.60. The molecule has 0 spiro atoms. The van der Waals surface area contributed by atoms with E-state index in [0.29, 0.717) is 36.8 Å². The molecule has 0 saturated carbocycles. The number of benzene rings is 1. The number of nitrogens with two attached hydrogens (primary N) is 1. The van der Waals surface area contributed by atoms with Gasteiger partial charge in [-0.3, -0.25) is 4.79 Å². The minimum absolute atomic E-state index is 0.00532. The Kier molecular flexibility index (Phi) is 5.08. The van der Waals surface area contributed by atoms with Crippen LogP contribution in [0.1, 0.15) is 23.7 Å². The standard InChI is InChI=1S/C17H24N2O3/c1-4-9-22-14-6-5-13(10-15(14)21-3)16(20)19-8-7-17(2,11-18)12-19/h4-6,10H,1,7-9,11-12,18H2,2-3H3. The third kappa shape index (κ3) is 3.42. The molecule has 5 heteroatoms. The minimum atomic E-state index is 0.00532. The van der Waals surface area contributed by atoms with Crippen LogP contribution in [0.15, 0.2) is 30.9 Å². The first-order valence-electron chi connectivity index (χ1n) is 7.44. The molecule has 0 aromatic heterocycles. The predicted octanol–water partition coefficient (Wildman–Crippen LogP) is 2.07. The van der Waals surface area contributed by atoms with Crippen molar-refractivity contribution in [3.63, 3.8) is 0 Å². The zero-order chi connectivity index (χ0) is 16.2. The van der Waals surface area contributed by atoms with Crippen molar-refractivity contribution in [2.75, 3.05) is 33.4 Å². The van der Waals surface area contributed by atoms with Crippen LogP contribution >= 0.6 is 0 Å². The predicted molar refractivity (Wildman–Crippen MR) is 86.4 cm³/mol. The molecule has 0 aliphatic carbocycles. The Balaban J connectivity index is 2.15. The Morgan fingerprint density at radius 1 is 1.50 bits per heavy atom. The minimum Gasteiger partial charge on any atom is -0.493 e. The average Bonchev–Trinajstić information content (AvgIpc) is 2.95. The van der Waals surface area contributed by atoms with Crippen LogP contribution in [0.25, 0.3) is 0 Å². The van der Waals surface area contributed by atoms with E-state index in [2.05, 4.69) is 13.5 Å². The van der Waals surface area contributed by atoms with Gasteiger partial charge in [-0.1, -0.05) is 19.6 Å². The molecular weight excluding hydrogens is 280 g/mol. The lowest BCUT2D eigenvalue weighted by Gasteiger charge is -2.22. The van der Waals surface area contributed by atoms with Crippen molar-refractivity contribution < 1.29 is 14.3 Å².